The molecule has 0 saturated carbocycles. The lowest BCUT2D eigenvalue weighted by Crippen LogP contribution is -2.28. The molecule has 0 aliphatic carbocycles. The maximum atomic E-state index is 13.6. The Bertz CT molecular complexity index is 1280. The van der Waals surface area contributed by atoms with Crippen molar-refractivity contribution in [3.05, 3.63) is 86.7 Å². The molecule has 5 nitrogen and oxygen atoms in total. The zero-order valence-corrected chi connectivity index (χ0v) is 22.3. The molecule has 0 bridgehead atoms. The van der Waals surface area contributed by atoms with Crippen molar-refractivity contribution in [3.8, 4) is 11.5 Å². The van der Waals surface area contributed by atoms with E-state index in [2.05, 4.69) is 41.9 Å². The summed E-state index contributed by atoms with van der Waals surface area (Å²) in [4.78, 5) is 20.6. The largest absolute Gasteiger partial charge is 0.504 e. The van der Waals surface area contributed by atoms with Gasteiger partial charge in [0.25, 0.3) is 5.91 Å². The molecule has 1 aliphatic heterocycles. The first-order valence-electron chi connectivity index (χ1n) is 11.6. The summed E-state index contributed by atoms with van der Waals surface area (Å²) in [6, 6.07) is 19.3. The summed E-state index contributed by atoms with van der Waals surface area (Å²) in [5.41, 5.74) is 4.73. The number of aliphatic imine (C=N–C) groups is 1. The highest BCUT2D eigenvalue weighted by atomic mass is 79.9. The van der Waals surface area contributed by atoms with Crippen molar-refractivity contribution in [1.29, 1.82) is 0 Å². The molecule has 7 heteroatoms. The molecule has 0 atom stereocenters. The van der Waals surface area contributed by atoms with E-state index < -0.39 is 0 Å². The van der Waals surface area contributed by atoms with E-state index in [1.807, 2.05) is 43.3 Å². The number of aromatic hydroxyl groups is 1. The van der Waals surface area contributed by atoms with E-state index >= 15 is 0 Å². The number of nitrogens with zero attached hydrogens (tertiary/aromatic N) is 2. The molecule has 1 heterocycles. The van der Waals surface area contributed by atoms with Gasteiger partial charge in [0, 0.05) is 4.47 Å². The van der Waals surface area contributed by atoms with Crippen molar-refractivity contribution >= 4 is 56.2 Å². The summed E-state index contributed by atoms with van der Waals surface area (Å²) in [7, 11) is 0. The van der Waals surface area contributed by atoms with Crippen molar-refractivity contribution in [2.75, 3.05) is 11.5 Å². The topological polar surface area (TPSA) is 62.1 Å². The van der Waals surface area contributed by atoms with Crippen LogP contribution in [0, 0.1) is 0 Å². The molecule has 0 unspecified atom stereocenters. The van der Waals surface area contributed by atoms with Gasteiger partial charge < -0.3 is 9.84 Å². The van der Waals surface area contributed by atoms with Crippen LogP contribution in [0.2, 0.25) is 0 Å². The third-order valence-corrected chi connectivity index (χ3v) is 7.30. The Hall–Kier alpha value is -3.03. The van der Waals surface area contributed by atoms with Crippen LogP contribution in [0.15, 0.2) is 75.0 Å². The van der Waals surface area contributed by atoms with Gasteiger partial charge in [-0.15, -0.1) is 0 Å². The Morgan fingerprint density at radius 2 is 1.63 bits per heavy atom. The van der Waals surface area contributed by atoms with Crippen LogP contribution in [-0.2, 0) is 17.6 Å². The van der Waals surface area contributed by atoms with Crippen LogP contribution < -0.4 is 9.64 Å². The number of carbonyl (C=O) groups is 1. The third kappa shape index (κ3) is 5.63. The lowest BCUT2D eigenvalue weighted by molar-refractivity contribution is -0.113. The Balaban J connectivity index is 1.77. The lowest BCUT2D eigenvalue weighted by Gasteiger charge is -2.16. The van der Waals surface area contributed by atoms with Gasteiger partial charge >= 0.3 is 0 Å². The second kappa shape index (κ2) is 11.1. The second-order valence-electron chi connectivity index (χ2n) is 7.96. The van der Waals surface area contributed by atoms with E-state index in [-0.39, 0.29) is 11.7 Å². The molecule has 1 saturated heterocycles. The van der Waals surface area contributed by atoms with Gasteiger partial charge in [-0.3, -0.25) is 9.69 Å². The quantitative estimate of drug-likeness (QED) is 0.309. The number of carbonyl (C=O) groups excluding carboxylic acids is 1. The first-order chi connectivity index (χ1) is 16.9. The Labute approximate surface area is 218 Å². The van der Waals surface area contributed by atoms with E-state index in [4.69, 9.17) is 9.73 Å². The number of ether oxygens (including phenoxy) is 1. The molecule has 0 radical (unpaired) electrons. The molecule has 1 aliphatic rings. The van der Waals surface area contributed by atoms with Crippen LogP contribution in [0.5, 0.6) is 11.5 Å². The number of amidine groups is 1. The fraction of sp³-hybridized carbons (Fsp3) is 0.214. The monoisotopic (exact) mass is 550 g/mol. The molecular formula is C28H27BrN2O3S. The summed E-state index contributed by atoms with van der Waals surface area (Å²) in [5, 5.41) is 10.8. The summed E-state index contributed by atoms with van der Waals surface area (Å²) in [6.07, 6.45) is 3.68. The fourth-order valence-corrected chi connectivity index (χ4v) is 5.09. The van der Waals surface area contributed by atoms with Crippen LogP contribution >= 0.6 is 27.7 Å². The predicted octanol–water partition coefficient (Wildman–Crippen LogP) is 7.49. The number of hydrogen-bond donors (Lipinski definition) is 1. The number of anilines is 1. The zero-order chi connectivity index (χ0) is 24.9. The molecule has 1 N–H and O–H groups in total. The number of halogens is 1. The highest BCUT2D eigenvalue weighted by Gasteiger charge is 2.35. The zero-order valence-electron chi connectivity index (χ0n) is 19.9. The van der Waals surface area contributed by atoms with Crippen LogP contribution in [0.3, 0.4) is 0 Å². The van der Waals surface area contributed by atoms with Crippen LogP contribution in [0.1, 0.15) is 37.5 Å². The van der Waals surface area contributed by atoms with Gasteiger partial charge in [0.2, 0.25) is 0 Å². The molecule has 4 rings (SSSR count). The van der Waals surface area contributed by atoms with Crippen molar-refractivity contribution in [2.45, 2.75) is 33.6 Å². The minimum absolute atomic E-state index is 0.0432. The molecule has 35 heavy (non-hydrogen) atoms. The molecule has 1 fully saturated rings. The maximum absolute atomic E-state index is 13.6. The Morgan fingerprint density at radius 1 is 1.00 bits per heavy atom. The predicted molar refractivity (Wildman–Crippen MR) is 149 cm³/mol. The van der Waals surface area contributed by atoms with E-state index in [1.165, 1.54) is 22.9 Å². The van der Waals surface area contributed by atoms with Crippen molar-refractivity contribution in [2.24, 2.45) is 4.99 Å². The van der Waals surface area contributed by atoms with Crippen molar-refractivity contribution in [1.82, 2.24) is 0 Å². The third-order valence-electron chi connectivity index (χ3n) is 5.64. The molecule has 0 aromatic heterocycles. The molecule has 0 spiro atoms. The number of thioether (sulfide) groups is 1. The second-order valence-corrected chi connectivity index (χ2v) is 9.82. The lowest BCUT2D eigenvalue weighted by atomic mass is 10.1. The standard InChI is InChI=1S/C28H27BrN2O3S/c1-4-18-7-11-21(12-8-18)30-28-31(22-13-9-19(5-2)10-14-22)27(33)26(35-28)16-20-15-25(34-6-3)24(32)17-23(20)29/h7-17,32H,4-6H2,1-3H3/b26-16-,30-28?. The first kappa shape index (κ1) is 25.1. The van der Waals surface area contributed by atoms with Gasteiger partial charge in [-0.2, -0.15) is 0 Å². The average Bonchev–Trinajstić information content (AvgIpc) is 3.17. The highest BCUT2D eigenvalue weighted by Crippen LogP contribution is 2.40. The van der Waals surface area contributed by atoms with E-state index in [9.17, 15) is 9.90 Å². The SMILES string of the molecule is CCOc1cc(/C=C2\SC(=Nc3ccc(CC)cc3)N(c3ccc(CC)cc3)C2=O)c(Br)cc1O. The van der Waals surface area contributed by atoms with E-state index in [0.29, 0.717) is 26.9 Å². The van der Waals surface area contributed by atoms with E-state index in [0.717, 1.165) is 29.8 Å². The summed E-state index contributed by atoms with van der Waals surface area (Å²) in [6.45, 7) is 6.50. The molecule has 180 valence electrons. The molecule has 1 amide bonds. The van der Waals surface area contributed by atoms with Crippen LogP contribution in [0.25, 0.3) is 6.08 Å². The summed E-state index contributed by atoms with van der Waals surface area (Å²) < 4.78 is 6.19. The van der Waals surface area contributed by atoms with Gasteiger partial charge in [0.05, 0.1) is 22.9 Å². The van der Waals surface area contributed by atoms with Crippen molar-refractivity contribution < 1.29 is 14.6 Å². The Kier molecular flexibility index (Phi) is 7.98. The number of phenolic OH excluding ortho intramolecular Hbond substituents is 1. The average molecular weight is 552 g/mol. The van der Waals surface area contributed by atoms with Gasteiger partial charge in [-0.05, 0) is 90.7 Å². The highest BCUT2D eigenvalue weighted by molar-refractivity contribution is 9.10. The van der Waals surface area contributed by atoms with Gasteiger partial charge in [-0.25, -0.2) is 4.99 Å². The number of rotatable bonds is 7. The number of benzene rings is 3. The first-order valence-corrected chi connectivity index (χ1v) is 13.2. The van der Waals surface area contributed by atoms with Gasteiger partial charge in [0.1, 0.15) is 0 Å². The smallest absolute Gasteiger partial charge is 0.271 e. The minimum atomic E-state index is -0.152. The number of aryl methyl sites for hydroxylation is 2. The van der Waals surface area contributed by atoms with Crippen LogP contribution in [-0.4, -0.2) is 22.8 Å². The fourth-order valence-electron chi connectivity index (χ4n) is 3.66. The number of hydrogen-bond acceptors (Lipinski definition) is 5. The molecular weight excluding hydrogens is 524 g/mol. The molecule has 3 aromatic rings. The number of amides is 1. The summed E-state index contributed by atoms with van der Waals surface area (Å²) >= 11 is 4.82. The van der Waals surface area contributed by atoms with Gasteiger partial charge in [-0.1, -0.05) is 54.0 Å². The van der Waals surface area contributed by atoms with Crippen LogP contribution in [0.4, 0.5) is 11.4 Å². The van der Waals surface area contributed by atoms with Gasteiger partial charge in [0.15, 0.2) is 16.7 Å². The van der Waals surface area contributed by atoms with Crippen molar-refractivity contribution in [3.63, 3.8) is 0 Å². The minimum Gasteiger partial charge on any atom is -0.504 e. The molecule has 3 aromatic carbocycles. The Morgan fingerprint density at radius 3 is 2.23 bits per heavy atom. The number of phenols is 1. The summed E-state index contributed by atoms with van der Waals surface area (Å²) in [5.74, 6) is 0.262. The maximum Gasteiger partial charge on any atom is 0.271 e. The normalized spacial score (nSPS) is 15.9. The van der Waals surface area contributed by atoms with E-state index in [1.54, 1.807) is 23.1 Å².